The molecule has 0 aliphatic rings. The van der Waals surface area contributed by atoms with Crippen LogP contribution < -0.4 is 26.2 Å². The molecule has 0 bridgehead atoms. The number of H-pyrrole nitrogens is 2. The number of anilines is 1. The molecule has 4 N–H and O–H groups in total. The zero-order chi connectivity index (χ0) is 21.5. The van der Waals surface area contributed by atoms with Crippen molar-refractivity contribution in [3.05, 3.63) is 87.3 Å². The number of hydrogen-bond donors (Lipinski definition) is 3. The van der Waals surface area contributed by atoms with Gasteiger partial charge >= 0.3 is 0 Å². The van der Waals surface area contributed by atoms with Gasteiger partial charge in [-0.1, -0.05) is 18.2 Å². The molecule has 3 aromatic carbocycles. The number of fused-ring (bicyclic) bond motifs is 3. The highest BCUT2D eigenvalue weighted by Gasteiger charge is 2.17. The highest BCUT2D eigenvalue weighted by Crippen LogP contribution is 2.28. The van der Waals surface area contributed by atoms with Crippen LogP contribution in [0.1, 0.15) is 0 Å². The van der Waals surface area contributed by atoms with Gasteiger partial charge < -0.3 is 20.2 Å². The molecule has 0 atom stereocenters. The topological polar surface area (TPSA) is 115 Å². The van der Waals surface area contributed by atoms with Crippen molar-refractivity contribution in [3.8, 4) is 22.9 Å². The van der Waals surface area contributed by atoms with Gasteiger partial charge in [0.25, 0.3) is 5.56 Å². The average Bonchev–Trinajstić information content (AvgIpc) is 3.12. The van der Waals surface area contributed by atoms with E-state index in [0.29, 0.717) is 33.6 Å². The number of nitrogen functional groups attached to an aromatic ring is 1. The quantitative estimate of drug-likeness (QED) is 0.416. The number of aromatic nitrogens is 3. The van der Waals surface area contributed by atoms with E-state index in [4.69, 9.17) is 15.2 Å². The van der Waals surface area contributed by atoms with Gasteiger partial charge in [0.1, 0.15) is 28.5 Å². The lowest BCUT2D eigenvalue weighted by Crippen LogP contribution is -2.11. The Labute approximate surface area is 175 Å². The van der Waals surface area contributed by atoms with Gasteiger partial charge in [-0.25, -0.2) is 4.68 Å². The molecule has 8 heteroatoms. The number of nitrogens with one attached hydrogen (secondary N) is 2. The molecule has 0 saturated heterocycles. The maximum Gasteiger partial charge on any atom is 0.261 e. The predicted molar refractivity (Wildman–Crippen MR) is 120 cm³/mol. The molecule has 0 unspecified atom stereocenters. The Kier molecular flexibility index (Phi) is 4.25. The number of hydrogen-bond acceptors (Lipinski definition) is 5. The van der Waals surface area contributed by atoms with Crippen LogP contribution in [0.4, 0.5) is 5.82 Å². The van der Waals surface area contributed by atoms with Crippen molar-refractivity contribution >= 4 is 27.6 Å². The number of para-hydroxylation sites is 1. The fourth-order valence-electron chi connectivity index (χ4n) is 3.62. The summed E-state index contributed by atoms with van der Waals surface area (Å²) in [6.07, 6.45) is 0. The monoisotopic (exact) mass is 414 g/mol. The van der Waals surface area contributed by atoms with Crippen molar-refractivity contribution in [2.75, 3.05) is 12.8 Å². The number of benzene rings is 3. The van der Waals surface area contributed by atoms with E-state index in [1.165, 1.54) is 13.2 Å². The first kappa shape index (κ1) is 18.6. The van der Waals surface area contributed by atoms with Crippen LogP contribution in [0, 0.1) is 0 Å². The maximum atomic E-state index is 12.7. The fourth-order valence-corrected chi connectivity index (χ4v) is 3.62. The smallest absolute Gasteiger partial charge is 0.261 e. The largest absolute Gasteiger partial charge is 0.497 e. The minimum Gasteiger partial charge on any atom is -0.497 e. The van der Waals surface area contributed by atoms with E-state index in [9.17, 15) is 9.59 Å². The lowest BCUT2D eigenvalue weighted by atomic mass is 10.1. The van der Waals surface area contributed by atoms with E-state index in [1.54, 1.807) is 22.9 Å². The van der Waals surface area contributed by atoms with Crippen molar-refractivity contribution in [2.45, 2.75) is 0 Å². The first-order chi connectivity index (χ1) is 15.0. The molecular formula is C23H18N4O4. The Morgan fingerprint density at radius 1 is 0.871 bits per heavy atom. The van der Waals surface area contributed by atoms with Gasteiger partial charge in [0.15, 0.2) is 5.43 Å². The van der Waals surface area contributed by atoms with Gasteiger partial charge in [0, 0.05) is 12.1 Å². The second-order valence-electron chi connectivity index (χ2n) is 6.99. The van der Waals surface area contributed by atoms with Crippen molar-refractivity contribution < 1.29 is 9.47 Å². The maximum absolute atomic E-state index is 12.7. The zero-order valence-electron chi connectivity index (χ0n) is 16.5. The standard InChI is InChI=1S/C23H18N4O4/c1-30-16-11-17-19(18(28)12-16)21-20(23(29)25-17)22(24)27(26-21)13-7-9-15(10-8-13)31-14-5-3-2-4-6-14/h2-12,26H,24H2,1H3,(H,25,29). The van der Waals surface area contributed by atoms with Crippen LogP contribution >= 0.6 is 0 Å². The van der Waals surface area contributed by atoms with E-state index < -0.39 is 5.56 Å². The normalized spacial score (nSPS) is 11.1. The van der Waals surface area contributed by atoms with Gasteiger partial charge in [-0.3, -0.25) is 14.7 Å². The van der Waals surface area contributed by atoms with Crippen LogP contribution in [0.15, 0.2) is 76.3 Å². The predicted octanol–water partition coefficient (Wildman–Crippen LogP) is 3.54. The first-order valence-electron chi connectivity index (χ1n) is 9.53. The van der Waals surface area contributed by atoms with Crippen LogP contribution in [0.25, 0.3) is 27.5 Å². The Morgan fingerprint density at radius 3 is 2.29 bits per heavy atom. The van der Waals surface area contributed by atoms with Crippen molar-refractivity contribution in [2.24, 2.45) is 0 Å². The minimum absolute atomic E-state index is 0.199. The van der Waals surface area contributed by atoms with Crippen LogP contribution in [0.3, 0.4) is 0 Å². The summed E-state index contributed by atoms with van der Waals surface area (Å²) in [6, 6.07) is 19.6. The molecule has 2 aromatic heterocycles. The summed E-state index contributed by atoms with van der Waals surface area (Å²) in [7, 11) is 1.46. The molecular weight excluding hydrogens is 396 g/mol. The highest BCUT2D eigenvalue weighted by atomic mass is 16.5. The summed E-state index contributed by atoms with van der Waals surface area (Å²) >= 11 is 0. The molecule has 0 fully saturated rings. The Morgan fingerprint density at radius 2 is 1.58 bits per heavy atom. The lowest BCUT2D eigenvalue weighted by molar-refractivity contribution is 0.415. The summed E-state index contributed by atoms with van der Waals surface area (Å²) in [5.41, 5.74) is 7.03. The van der Waals surface area contributed by atoms with E-state index in [2.05, 4.69) is 10.1 Å². The van der Waals surface area contributed by atoms with E-state index in [1.807, 2.05) is 42.5 Å². The molecule has 8 nitrogen and oxygen atoms in total. The van der Waals surface area contributed by atoms with Gasteiger partial charge in [-0.05, 0) is 36.4 Å². The SMILES string of the molecule is COc1cc(=O)c2c(c1)[nH]c(=O)c1c(N)n(-c3ccc(Oc4ccccc4)cc3)[nH]c12. The Hall–Kier alpha value is -4.46. The number of methoxy groups -OCH3 is 1. The molecule has 0 spiro atoms. The number of rotatable bonds is 4. The highest BCUT2D eigenvalue weighted by molar-refractivity contribution is 6.06. The van der Waals surface area contributed by atoms with E-state index in [0.717, 1.165) is 5.75 Å². The van der Waals surface area contributed by atoms with Crippen LogP contribution in [0.2, 0.25) is 0 Å². The molecule has 5 aromatic rings. The number of ether oxygens (including phenoxy) is 2. The van der Waals surface area contributed by atoms with E-state index in [-0.39, 0.29) is 16.6 Å². The number of nitrogens with zero attached hydrogens (tertiary/aromatic N) is 1. The summed E-state index contributed by atoms with van der Waals surface area (Å²) in [4.78, 5) is 28.1. The second kappa shape index (κ2) is 7.10. The van der Waals surface area contributed by atoms with Gasteiger partial charge in [0.2, 0.25) is 0 Å². The average molecular weight is 414 g/mol. The zero-order valence-corrected chi connectivity index (χ0v) is 16.5. The van der Waals surface area contributed by atoms with Crippen molar-refractivity contribution in [3.63, 3.8) is 0 Å². The van der Waals surface area contributed by atoms with Crippen molar-refractivity contribution in [1.29, 1.82) is 0 Å². The fraction of sp³-hybridized carbons (Fsp3) is 0.0435. The molecule has 31 heavy (non-hydrogen) atoms. The van der Waals surface area contributed by atoms with Gasteiger partial charge in [-0.2, -0.15) is 0 Å². The van der Waals surface area contributed by atoms with Crippen molar-refractivity contribution in [1.82, 2.24) is 14.8 Å². The second-order valence-corrected chi connectivity index (χ2v) is 6.99. The third-order valence-electron chi connectivity index (χ3n) is 5.08. The first-order valence-corrected chi connectivity index (χ1v) is 9.53. The molecule has 0 saturated carbocycles. The number of aromatic amines is 2. The lowest BCUT2D eigenvalue weighted by Gasteiger charge is -2.08. The molecule has 5 rings (SSSR count). The van der Waals surface area contributed by atoms with Crippen LogP contribution in [0.5, 0.6) is 17.2 Å². The van der Waals surface area contributed by atoms with Gasteiger partial charge in [-0.15, -0.1) is 0 Å². The van der Waals surface area contributed by atoms with E-state index >= 15 is 0 Å². The molecule has 0 aliphatic heterocycles. The third kappa shape index (κ3) is 3.10. The van der Waals surface area contributed by atoms with Gasteiger partial charge in [0.05, 0.1) is 29.2 Å². The van der Waals surface area contributed by atoms with Crippen LogP contribution in [-0.2, 0) is 0 Å². The molecule has 2 heterocycles. The molecule has 0 amide bonds. The summed E-state index contributed by atoms with van der Waals surface area (Å²) in [5.74, 6) is 1.95. The molecule has 154 valence electrons. The van der Waals surface area contributed by atoms with Crippen LogP contribution in [-0.4, -0.2) is 21.9 Å². The molecule has 0 aliphatic carbocycles. The summed E-state index contributed by atoms with van der Waals surface area (Å²) in [5, 5.41) is 3.66. The molecule has 0 radical (unpaired) electrons. The Balaban J connectivity index is 1.63. The Bertz CT molecular complexity index is 1530. The number of nitrogens with two attached hydrogens (primary N) is 1. The summed E-state index contributed by atoms with van der Waals surface area (Å²) < 4.78 is 12.5. The summed E-state index contributed by atoms with van der Waals surface area (Å²) in [6.45, 7) is 0. The number of pyridine rings is 1. The minimum atomic E-state index is -0.397. The third-order valence-corrected chi connectivity index (χ3v) is 5.08.